The molecule has 1 N–H and O–H groups in total. The SMILES string of the molecule is Cc1cc(C2C(c3ccccn3)NC(=S)N2c2ccc(C(C)C)cc2)c(C)n1-c1ccc(F)cc1. The summed E-state index contributed by atoms with van der Waals surface area (Å²) >= 11 is 5.89. The molecule has 1 saturated heterocycles. The minimum Gasteiger partial charge on any atom is -0.351 e. The number of halogens is 1. The monoisotopic (exact) mass is 484 g/mol. The molecule has 4 nitrogen and oxygen atoms in total. The molecule has 2 aromatic carbocycles. The maximum atomic E-state index is 13.6. The lowest BCUT2D eigenvalue weighted by Crippen LogP contribution is -2.29. The van der Waals surface area contributed by atoms with E-state index in [-0.39, 0.29) is 17.9 Å². The van der Waals surface area contributed by atoms with Crippen molar-refractivity contribution in [1.29, 1.82) is 0 Å². The minimum atomic E-state index is -0.243. The number of rotatable bonds is 5. The van der Waals surface area contributed by atoms with E-state index in [1.807, 2.05) is 36.5 Å². The highest BCUT2D eigenvalue weighted by Crippen LogP contribution is 2.43. The van der Waals surface area contributed by atoms with E-state index in [1.165, 1.54) is 17.7 Å². The standard InChI is InChI=1S/C29H29FN4S/c1-18(2)21-8-12-24(13-9-21)34-28(27(32-29(34)35)26-7-5-6-16-31-26)25-17-19(3)33(20(25)4)23-14-10-22(30)11-15-23/h5-18,27-28H,1-4H3,(H,32,35). The van der Waals surface area contributed by atoms with Gasteiger partial charge < -0.3 is 14.8 Å². The number of hydrogen-bond donors (Lipinski definition) is 1. The number of pyridine rings is 1. The lowest BCUT2D eigenvalue weighted by atomic mass is 9.96. The minimum absolute atomic E-state index is 0.0947. The molecule has 0 bridgehead atoms. The van der Waals surface area contributed by atoms with Crippen molar-refractivity contribution in [3.63, 3.8) is 0 Å². The first-order chi connectivity index (χ1) is 16.8. The number of hydrogen-bond acceptors (Lipinski definition) is 2. The van der Waals surface area contributed by atoms with Crippen LogP contribution >= 0.6 is 12.2 Å². The van der Waals surface area contributed by atoms with E-state index in [0.717, 1.165) is 34.0 Å². The van der Waals surface area contributed by atoms with Gasteiger partial charge in [0.15, 0.2) is 5.11 Å². The molecule has 1 fully saturated rings. The van der Waals surface area contributed by atoms with Gasteiger partial charge in [-0.25, -0.2) is 4.39 Å². The molecule has 1 aliphatic rings. The number of aromatic nitrogens is 2. The molecule has 0 radical (unpaired) electrons. The number of benzene rings is 2. The van der Waals surface area contributed by atoms with Crippen molar-refractivity contribution in [2.45, 2.75) is 45.7 Å². The summed E-state index contributed by atoms with van der Waals surface area (Å²) in [6, 6.07) is 23.3. The number of nitrogens with zero attached hydrogens (tertiary/aromatic N) is 3. The Morgan fingerprint density at radius 3 is 2.26 bits per heavy atom. The first-order valence-corrected chi connectivity index (χ1v) is 12.3. The largest absolute Gasteiger partial charge is 0.351 e. The van der Waals surface area contributed by atoms with Crippen molar-refractivity contribution < 1.29 is 4.39 Å². The number of anilines is 1. The Morgan fingerprint density at radius 1 is 0.943 bits per heavy atom. The number of thiocarbonyl (C=S) groups is 1. The van der Waals surface area contributed by atoms with Gasteiger partial charge in [0.05, 0.1) is 17.8 Å². The first kappa shape index (κ1) is 23.2. The molecule has 4 aromatic rings. The zero-order valence-electron chi connectivity index (χ0n) is 20.4. The van der Waals surface area contributed by atoms with Crippen molar-refractivity contribution in [2.75, 3.05) is 4.90 Å². The Hall–Kier alpha value is -3.51. The summed E-state index contributed by atoms with van der Waals surface area (Å²) < 4.78 is 15.8. The first-order valence-electron chi connectivity index (χ1n) is 11.9. The smallest absolute Gasteiger partial charge is 0.174 e. The summed E-state index contributed by atoms with van der Waals surface area (Å²) in [5.74, 6) is 0.215. The predicted molar refractivity (Wildman–Crippen MR) is 144 cm³/mol. The fourth-order valence-corrected chi connectivity index (χ4v) is 5.39. The highest BCUT2D eigenvalue weighted by molar-refractivity contribution is 7.80. The summed E-state index contributed by atoms with van der Waals surface area (Å²) in [7, 11) is 0. The van der Waals surface area contributed by atoms with Crippen LogP contribution in [-0.2, 0) is 0 Å². The van der Waals surface area contributed by atoms with Gasteiger partial charge in [-0.3, -0.25) is 4.98 Å². The summed E-state index contributed by atoms with van der Waals surface area (Å²) in [4.78, 5) is 6.87. The molecule has 2 unspecified atom stereocenters. The third-order valence-corrected chi connectivity index (χ3v) is 7.12. The molecule has 5 rings (SSSR count). The van der Waals surface area contributed by atoms with Crippen molar-refractivity contribution in [3.05, 3.63) is 113 Å². The Labute approximate surface area is 211 Å². The molecule has 2 atom stereocenters. The molecule has 0 aliphatic carbocycles. The maximum absolute atomic E-state index is 13.6. The Morgan fingerprint density at radius 2 is 1.63 bits per heavy atom. The molecule has 1 aliphatic heterocycles. The van der Waals surface area contributed by atoms with Gasteiger partial charge in [0.25, 0.3) is 0 Å². The van der Waals surface area contributed by atoms with E-state index in [0.29, 0.717) is 11.0 Å². The molecule has 0 amide bonds. The number of nitrogens with one attached hydrogen (secondary N) is 1. The van der Waals surface area contributed by atoms with E-state index in [1.54, 1.807) is 0 Å². The van der Waals surface area contributed by atoms with Crippen LogP contribution in [0, 0.1) is 19.7 Å². The number of aryl methyl sites for hydroxylation is 1. The van der Waals surface area contributed by atoms with Crippen molar-refractivity contribution in [2.24, 2.45) is 0 Å². The maximum Gasteiger partial charge on any atom is 0.174 e. The van der Waals surface area contributed by atoms with Crippen LogP contribution in [0.5, 0.6) is 0 Å². The molecule has 35 heavy (non-hydrogen) atoms. The van der Waals surface area contributed by atoms with Crippen molar-refractivity contribution in [1.82, 2.24) is 14.9 Å². The molecule has 0 spiro atoms. The lowest BCUT2D eigenvalue weighted by Gasteiger charge is -2.28. The van der Waals surface area contributed by atoms with Crippen LogP contribution in [0.3, 0.4) is 0 Å². The average Bonchev–Trinajstić information content (AvgIpc) is 3.35. The lowest BCUT2D eigenvalue weighted by molar-refractivity contribution is 0.565. The summed E-state index contributed by atoms with van der Waals surface area (Å²) in [6.07, 6.45) is 1.82. The fourth-order valence-electron chi connectivity index (χ4n) is 5.04. The Kier molecular flexibility index (Phi) is 6.15. The van der Waals surface area contributed by atoms with Gasteiger partial charge in [-0.2, -0.15) is 0 Å². The van der Waals surface area contributed by atoms with Gasteiger partial charge in [0.1, 0.15) is 5.82 Å². The topological polar surface area (TPSA) is 33.1 Å². The van der Waals surface area contributed by atoms with Crippen LogP contribution in [-0.4, -0.2) is 14.7 Å². The zero-order valence-corrected chi connectivity index (χ0v) is 21.2. The summed E-state index contributed by atoms with van der Waals surface area (Å²) in [5, 5.41) is 4.22. The second kappa shape index (κ2) is 9.27. The van der Waals surface area contributed by atoms with E-state index in [2.05, 4.69) is 77.8 Å². The van der Waals surface area contributed by atoms with Crippen LogP contribution in [0.2, 0.25) is 0 Å². The quantitative estimate of drug-likeness (QED) is 0.312. The summed E-state index contributed by atoms with van der Waals surface area (Å²) in [5.41, 5.74) is 7.53. The van der Waals surface area contributed by atoms with E-state index < -0.39 is 0 Å². The highest BCUT2D eigenvalue weighted by atomic mass is 32.1. The van der Waals surface area contributed by atoms with Crippen molar-refractivity contribution >= 4 is 23.0 Å². The molecular formula is C29H29FN4S. The molecular weight excluding hydrogens is 455 g/mol. The van der Waals surface area contributed by atoms with E-state index in [9.17, 15) is 4.39 Å². The molecule has 178 valence electrons. The normalized spacial score (nSPS) is 17.8. The second-order valence-corrected chi connectivity index (χ2v) is 9.77. The van der Waals surface area contributed by atoms with Gasteiger partial charge in [-0.1, -0.05) is 32.0 Å². The predicted octanol–water partition coefficient (Wildman–Crippen LogP) is 6.93. The third-order valence-electron chi connectivity index (χ3n) is 6.81. The van der Waals surface area contributed by atoms with Crippen LogP contribution < -0.4 is 10.2 Å². The van der Waals surface area contributed by atoms with Crippen LogP contribution in [0.25, 0.3) is 5.69 Å². The van der Waals surface area contributed by atoms with Crippen LogP contribution in [0.1, 0.15) is 60.1 Å². The fraction of sp³-hybridized carbons (Fsp3) is 0.241. The van der Waals surface area contributed by atoms with Crippen LogP contribution in [0.4, 0.5) is 10.1 Å². The molecule has 2 aromatic heterocycles. The zero-order chi connectivity index (χ0) is 24.7. The van der Waals surface area contributed by atoms with E-state index in [4.69, 9.17) is 12.2 Å². The average molecular weight is 485 g/mol. The van der Waals surface area contributed by atoms with Gasteiger partial charge in [0, 0.05) is 29.0 Å². The molecule has 3 heterocycles. The second-order valence-electron chi connectivity index (χ2n) is 9.38. The van der Waals surface area contributed by atoms with E-state index >= 15 is 0 Å². The summed E-state index contributed by atoms with van der Waals surface area (Å²) in [6.45, 7) is 8.59. The Bertz CT molecular complexity index is 1340. The van der Waals surface area contributed by atoms with Crippen LogP contribution in [0.15, 0.2) is 79.0 Å². The highest BCUT2D eigenvalue weighted by Gasteiger charge is 2.42. The van der Waals surface area contributed by atoms with Gasteiger partial charge >= 0.3 is 0 Å². The van der Waals surface area contributed by atoms with Gasteiger partial charge in [0.2, 0.25) is 0 Å². The van der Waals surface area contributed by atoms with Gasteiger partial charge in [-0.05, 0) is 97.7 Å². The molecule has 6 heteroatoms. The Balaban J connectivity index is 1.65. The molecule has 0 saturated carbocycles. The van der Waals surface area contributed by atoms with Gasteiger partial charge in [-0.15, -0.1) is 0 Å². The third kappa shape index (κ3) is 4.23. The van der Waals surface area contributed by atoms with Crippen molar-refractivity contribution in [3.8, 4) is 5.69 Å².